The first-order chi connectivity index (χ1) is 20.4. The quantitative estimate of drug-likeness (QED) is 0.403. The summed E-state index contributed by atoms with van der Waals surface area (Å²) in [6.07, 6.45) is 1.61. The van der Waals surface area contributed by atoms with Gasteiger partial charge in [0.05, 0.1) is 6.42 Å². The number of aliphatic carboxylic acids is 1. The predicted molar refractivity (Wildman–Crippen MR) is 159 cm³/mol. The summed E-state index contributed by atoms with van der Waals surface area (Å²) in [5, 5.41) is 12.1. The van der Waals surface area contributed by atoms with Gasteiger partial charge < -0.3 is 20.1 Å². The van der Waals surface area contributed by atoms with Gasteiger partial charge in [0.1, 0.15) is 12.6 Å². The fraction of sp³-hybridized carbons (Fsp3) is 0.382. The molecular formula is C34H37N3O5. The van der Waals surface area contributed by atoms with Gasteiger partial charge >= 0.3 is 12.1 Å². The van der Waals surface area contributed by atoms with E-state index in [1.165, 1.54) is 5.56 Å². The van der Waals surface area contributed by atoms with Crippen LogP contribution in [0.15, 0.2) is 78.9 Å². The first kappa shape index (κ1) is 28.0. The second-order valence-corrected chi connectivity index (χ2v) is 11.9. The third kappa shape index (κ3) is 5.90. The lowest BCUT2D eigenvalue weighted by molar-refractivity contribution is -0.142. The van der Waals surface area contributed by atoms with Gasteiger partial charge in [-0.25, -0.2) is 4.79 Å². The highest BCUT2D eigenvalue weighted by atomic mass is 16.5. The number of amides is 2. The van der Waals surface area contributed by atoms with Crippen molar-refractivity contribution in [2.24, 2.45) is 5.41 Å². The molecule has 42 heavy (non-hydrogen) atoms. The van der Waals surface area contributed by atoms with Gasteiger partial charge in [-0.05, 0) is 65.6 Å². The molecule has 1 aliphatic carbocycles. The average molecular weight is 568 g/mol. The molecule has 2 N–H and O–H groups in total. The first-order valence-electron chi connectivity index (χ1n) is 14.8. The number of carboxylic acids is 1. The van der Waals surface area contributed by atoms with Crippen LogP contribution in [0.1, 0.15) is 48.3 Å². The number of carbonyl (C=O) groups is 3. The Hall–Kier alpha value is -4.17. The van der Waals surface area contributed by atoms with Crippen LogP contribution in [0.2, 0.25) is 0 Å². The van der Waals surface area contributed by atoms with E-state index in [-0.39, 0.29) is 23.8 Å². The molecule has 0 bridgehead atoms. The van der Waals surface area contributed by atoms with E-state index < -0.39 is 24.5 Å². The van der Waals surface area contributed by atoms with Crippen molar-refractivity contribution in [3.05, 3.63) is 95.6 Å². The van der Waals surface area contributed by atoms with Crippen LogP contribution in [0.25, 0.3) is 11.1 Å². The number of nitrogens with one attached hydrogen (secondary N) is 1. The summed E-state index contributed by atoms with van der Waals surface area (Å²) >= 11 is 0. The second-order valence-electron chi connectivity index (χ2n) is 11.9. The molecule has 1 spiro atoms. The van der Waals surface area contributed by atoms with E-state index in [4.69, 9.17) is 4.74 Å². The first-order valence-corrected chi connectivity index (χ1v) is 14.8. The lowest BCUT2D eigenvalue weighted by atomic mass is 9.77. The molecule has 2 fully saturated rings. The van der Waals surface area contributed by atoms with E-state index in [1.807, 2.05) is 42.5 Å². The summed E-state index contributed by atoms with van der Waals surface area (Å²) < 4.78 is 5.62. The van der Waals surface area contributed by atoms with Gasteiger partial charge in [-0.15, -0.1) is 0 Å². The van der Waals surface area contributed by atoms with Gasteiger partial charge in [0.25, 0.3) is 0 Å². The lowest BCUT2D eigenvalue weighted by Crippen LogP contribution is -2.50. The van der Waals surface area contributed by atoms with Crippen molar-refractivity contribution in [2.45, 2.75) is 44.2 Å². The van der Waals surface area contributed by atoms with Crippen molar-refractivity contribution < 1.29 is 24.2 Å². The number of hydrogen-bond donors (Lipinski definition) is 2. The highest BCUT2D eigenvalue weighted by molar-refractivity contribution is 5.89. The van der Waals surface area contributed by atoms with E-state index in [9.17, 15) is 19.5 Å². The molecule has 8 heteroatoms. The molecule has 0 saturated carbocycles. The maximum absolute atomic E-state index is 13.5. The summed E-state index contributed by atoms with van der Waals surface area (Å²) in [5.74, 6) is -1.62. The number of rotatable bonds is 8. The molecular weight excluding hydrogens is 530 g/mol. The van der Waals surface area contributed by atoms with Crippen molar-refractivity contribution in [2.75, 3.05) is 32.8 Å². The zero-order valence-corrected chi connectivity index (χ0v) is 23.7. The van der Waals surface area contributed by atoms with Crippen LogP contribution >= 0.6 is 0 Å². The summed E-state index contributed by atoms with van der Waals surface area (Å²) in [4.78, 5) is 42.3. The fourth-order valence-electron chi connectivity index (χ4n) is 6.94. The second kappa shape index (κ2) is 12.0. The topological polar surface area (TPSA) is 99.2 Å². The van der Waals surface area contributed by atoms with E-state index in [0.29, 0.717) is 13.1 Å². The highest BCUT2D eigenvalue weighted by Crippen LogP contribution is 2.44. The van der Waals surface area contributed by atoms with Gasteiger partial charge in [-0.1, -0.05) is 78.9 Å². The van der Waals surface area contributed by atoms with E-state index >= 15 is 0 Å². The average Bonchev–Trinajstić information content (AvgIpc) is 3.56. The fourth-order valence-corrected chi connectivity index (χ4v) is 6.94. The number of alkyl carbamates (subject to hydrolysis) is 1. The summed E-state index contributed by atoms with van der Waals surface area (Å²) in [6, 6.07) is 25.4. The normalized spacial score (nSPS) is 18.3. The highest BCUT2D eigenvalue weighted by Gasteiger charge is 2.43. The molecule has 3 aliphatic rings. The maximum atomic E-state index is 13.5. The summed E-state index contributed by atoms with van der Waals surface area (Å²) in [7, 11) is 0. The van der Waals surface area contributed by atoms with Crippen LogP contribution in [-0.2, 0) is 20.9 Å². The smallest absolute Gasteiger partial charge is 0.407 e. The number of nitrogens with zero attached hydrogens (tertiary/aromatic N) is 2. The molecule has 2 saturated heterocycles. The number of fused-ring (bicyclic) bond motifs is 3. The number of ether oxygens (including phenoxy) is 1. The molecule has 0 radical (unpaired) electrons. The number of benzene rings is 3. The number of hydrogen-bond acceptors (Lipinski definition) is 5. The minimum absolute atomic E-state index is 0.0420. The Kier molecular flexibility index (Phi) is 7.98. The van der Waals surface area contributed by atoms with E-state index in [1.54, 1.807) is 4.90 Å². The minimum atomic E-state index is -1.17. The molecule has 1 unspecified atom stereocenters. The Balaban J connectivity index is 1.05. The third-order valence-corrected chi connectivity index (χ3v) is 9.23. The lowest BCUT2D eigenvalue weighted by Gasteiger charge is -2.39. The molecule has 2 aliphatic heterocycles. The van der Waals surface area contributed by atoms with Gasteiger partial charge in [-0.3, -0.25) is 14.5 Å². The van der Waals surface area contributed by atoms with Crippen molar-refractivity contribution in [1.82, 2.24) is 15.1 Å². The van der Waals surface area contributed by atoms with Gasteiger partial charge in [-0.2, -0.15) is 0 Å². The number of carbonyl (C=O) groups excluding carboxylic acids is 2. The van der Waals surface area contributed by atoms with Crippen LogP contribution in [0.3, 0.4) is 0 Å². The Morgan fingerprint density at radius 2 is 1.45 bits per heavy atom. The predicted octanol–water partition coefficient (Wildman–Crippen LogP) is 4.88. The van der Waals surface area contributed by atoms with Gasteiger partial charge in [0.15, 0.2) is 0 Å². The molecule has 3 aromatic carbocycles. The SMILES string of the molecule is O=C(O)CC(NC(=O)OCC1c2ccccc2-c2ccccc21)C(=O)N1CCC2(CCN(Cc3ccccc3)CC2)C1. The standard InChI is InChI=1S/C34H37N3O5/c38-31(39)20-30(35-33(41)42-22-29-27-12-6-4-10-25(27)26-11-5-7-13-28(26)29)32(40)37-19-16-34(23-37)14-17-36(18-15-34)21-24-8-2-1-3-9-24/h1-13,29-30H,14-23H2,(H,35,41)(H,38,39). The largest absolute Gasteiger partial charge is 0.481 e. The zero-order valence-electron chi connectivity index (χ0n) is 23.7. The number of piperidine rings is 1. The molecule has 0 aromatic heterocycles. The Morgan fingerprint density at radius 1 is 0.857 bits per heavy atom. The van der Waals surface area contributed by atoms with E-state index in [2.05, 4.69) is 46.6 Å². The molecule has 6 rings (SSSR count). The molecule has 8 nitrogen and oxygen atoms in total. The Morgan fingerprint density at radius 3 is 2.10 bits per heavy atom. The molecule has 3 aromatic rings. The van der Waals surface area contributed by atoms with Crippen LogP contribution < -0.4 is 5.32 Å². The zero-order chi connectivity index (χ0) is 29.1. The van der Waals surface area contributed by atoms with Crippen molar-refractivity contribution in [3.8, 4) is 11.1 Å². The molecule has 2 heterocycles. The van der Waals surface area contributed by atoms with Crippen molar-refractivity contribution in [3.63, 3.8) is 0 Å². The Labute approximate surface area is 246 Å². The minimum Gasteiger partial charge on any atom is -0.481 e. The van der Waals surface area contributed by atoms with Crippen LogP contribution in [0.5, 0.6) is 0 Å². The third-order valence-electron chi connectivity index (χ3n) is 9.23. The molecule has 2 amide bonds. The summed E-state index contributed by atoms with van der Waals surface area (Å²) in [5.41, 5.74) is 5.75. The monoisotopic (exact) mass is 567 g/mol. The van der Waals surface area contributed by atoms with Crippen molar-refractivity contribution >= 4 is 18.0 Å². The van der Waals surface area contributed by atoms with E-state index in [0.717, 1.165) is 61.2 Å². The van der Waals surface area contributed by atoms with Crippen LogP contribution in [0.4, 0.5) is 4.79 Å². The van der Waals surface area contributed by atoms with Crippen LogP contribution in [-0.4, -0.2) is 71.7 Å². The molecule has 218 valence electrons. The van der Waals surface area contributed by atoms with Crippen LogP contribution in [0, 0.1) is 5.41 Å². The van der Waals surface area contributed by atoms with Gasteiger partial charge in [0.2, 0.25) is 5.91 Å². The number of likely N-dealkylation sites (tertiary alicyclic amines) is 2. The number of carboxylic acid groups (broad SMARTS) is 1. The summed E-state index contributed by atoms with van der Waals surface area (Å²) in [6.45, 7) is 4.11. The van der Waals surface area contributed by atoms with Gasteiger partial charge in [0, 0.05) is 25.6 Å². The maximum Gasteiger partial charge on any atom is 0.407 e. The Bertz CT molecular complexity index is 1400. The van der Waals surface area contributed by atoms with Crippen molar-refractivity contribution in [1.29, 1.82) is 0 Å². The molecule has 1 atom stereocenters.